The van der Waals surface area contributed by atoms with Gasteiger partial charge in [0.1, 0.15) is 23.6 Å². The van der Waals surface area contributed by atoms with Crippen molar-refractivity contribution in [2.75, 3.05) is 31.6 Å². The van der Waals surface area contributed by atoms with Crippen LogP contribution in [0, 0.1) is 5.92 Å². The van der Waals surface area contributed by atoms with Crippen LogP contribution in [0.4, 0.5) is 5.82 Å². The highest BCUT2D eigenvalue weighted by atomic mass is 16.5. The van der Waals surface area contributed by atoms with Gasteiger partial charge in [-0.05, 0) is 44.0 Å². The number of benzene rings is 1. The minimum absolute atomic E-state index is 0.174. The number of rotatable bonds is 5. The monoisotopic (exact) mass is 368 g/mol. The number of hydrogen-bond acceptors (Lipinski definition) is 6. The molecule has 1 unspecified atom stereocenters. The number of piperazine rings is 1. The summed E-state index contributed by atoms with van der Waals surface area (Å²) in [6.45, 7) is 4.36. The summed E-state index contributed by atoms with van der Waals surface area (Å²) in [6, 6.07) is 9.38. The van der Waals surface area contributed by atoms with Crippen LogP contribution in [0.15, 0.2) is 36.7 Å². The molecule has 7 heteroatoms. The molecule has 2 aliphatic rings. The maximum absolute atomic E-state index is 12.4. The summed E-state index contributed by atoms with van der Waals surface area (Å²) < 4.78 is 11.0. The Labute approximate surface area is 158 Å². The van der Waals surface area contributed by atoms with Gasteiger partial charge in [0.2, 0.25) is 11.8 Å². The van der Waals surface area contributed by atoms with E-state index in [-0.39, 0.29) is 12.0 Å². The van der Waals surface area contributed by atoms with Gasteiger partial charge in [0, 0.05) is 37.7 Å². The lowest BCUT2D eigenvalue weighted by atomic mass is 10.1. The van der Waals surface area contributed by atoms with Gasteiger partial charge in [0.25, 0.3) is 0 Å². The number of nitrogens with zero attached hydrogens (tertiary/aromatic N) is 4. The lowest BCUT2D eigenvalue weighted by molar-refractivity contribution is -0.134. The second-order valence-electron chi connectivity index (χ2n) is 7.09. The van der Waals surface area contributed by atoms with E-state index >= 15 is 0 Å². The normalized spacial score (nSPS) is 19.7. The largest absolute Gasteiger partial charge is 0.497 e. The van der Waals surface area contributed by atoms with E-state index in [1.54, 1.807) is 7.11 Å². The first-order valence-corrected chi connectivity index (χ1v) is 9.33. The highest BCUT2D eigenvalue weighted by Crippen LogP contribution is 2.32. The third-order valence-corrected chi connectivity index (χ3v) is 5.07. The Hall–Kier alpha value is -2.83. The fraction of sp³-hybridized carbons (Fsp3) is 0.450. The molecule has 7 nitrogen and oxygen atoms in total. The first-order valence-electron chi connectivity index (χ1n) is 9.33. The third-order valence-electron chi connectivity index (χ3n) is 5.07. The number of hydrogen-bond donors (Lipinski definition) is 0. The van der Waals surface area contributed by atoms with Crippen LogP contribution in [0.1, 0.15) is 19.8 Å². The molecule has 27 heavy (non-hydrogen) atoms. The van der Waals surface area contributed by atoms with E-state index < -0.39 is 0 Å². The molecule has 1 amide bonds. The minimum atomic E-state index is 0.174. The summed E-state index contributed by atoms with van der Waals surface area (Å²) in [6.07, 6.45) is 3.61. The summed E-state index contributed by atoms with van der Waals surface area (Å²) in [7, 11) is 1.63. The fourth-order valence-corrected chi connectivity index (χ4v) is 3.38. The Bertz CT molecular complexity index is 807. The molecule has 0 bridgehead atoms. The topological polar surface area (TPSA) is 67.8 Å². The molecular formula is C20H24N4O3. The Morgan fingerprint density at radius 1 is 1.11 bits per heavy atom. The number of amides is 1. The van der Waals surface area contributed by atoms with Crippen molar-refractivity contribution in [1.29, 1.82) is 0 Å². The van der Waals surface area contributed by atoms with E-state index in [9.17, 15) is 4.79 Å². The lowest BCUT2D eigenvalue weighted by Crippen LogP contribution is -2.54. The van der Waals surface area contributed by atoms with E-state index in [0.717, 1.165) is 44.0 Å². The highest BCUT2D eigenvalue weighted by Gasteiger charge is 2.37. The number of anilines is 1. The quantitative estimate of drug-likeness (QED) is 0.808. The first kappa shape index (κ1) is 17.6. The molecule has 1 saturated carbocycles. The van der Waals surface area contributed by atoms with Crippen molar-refractivity contribution in [2.24, 2.45) is 5.92 Å². The number of carbonyl (C=O) groups excluding carboxylic acids is 1. The molecule has 1 atom stereocenters. The van der Waals surface area contributed by atoms with Crippen LogP contribution in [0.3, 0.4) is 0 Å². The predicted molar refractivity (Wildman–Crippen MR) is 101 cm³/mol. The van der Waals surface area contributed by atoms with Crippen LogP contribution in [0.25, 0.3) is 0 Å². The summed E-state index contributed by atoms with van der Waals surface area (Å²) in [5.74, 6) is 3.36. The summed E-state index contributed by atoms with van der Waals surface area (Å²) in [5, 5.41) is 0. The van der Waals surface area contributed by atoms with Crippen LogP contribution >= 0.6 is 0 Å². The van der Waals surface area contributed by atoms with E-state index in [0.29, 0.717) is 17.5 Å². The van der Waals surface area contributed by atoms with Gasteiger partial charge < -0.3 is 19.3 Å². The summed E-state index contributed by atoms with van der Waals surface area (Å²) >= 11 is 0. The molecule has 1 aliphatic carbocycles. The molecular weight excluding hydrogens is 344 g/mol. The van der Waals surface area contributed by atoms with Crippen LogP contribution in [-0.2, 0) is 4.79 Å². The van der Waals surface area contributed by atoms with E-state index in [1.165, 1.54) is 6.33 Å². The van der Waals surface area contributed by atoms with Crippen molar-refractivity contribution in [2.45, 2.75) is 25.8 Å². The molecule has 4 rings (SSSR count). The zero-order valence-corrected chi connectivity index (χ0v) is 15.7. The van der Waals surface area contributed by atoms with Crippen LogP contribution in [0.2, 0.25) is 0 Å². The van der Waals surface area contributed by atoms with Crippen molar-refractivity contribution in [3.8, 4) is 17.4 Å². The average Bonchev–Trinajstić information content (AvgIpc) is 3.53. The molecule has 2 heterocycles. The number of aromatic nitrogens is 2. The average molecular weight is 368 g/mol. The molecule has 142 valence electrons. The van der Waals surface area contributed by atoms with Gasteiger partial charge in [0.05, 0.1) is 7.11 Å². The Morgan fingerprint density at radius 2 is 1.85 bits per heavy atom. The molecule has 0 radical (unpaired) electrons. The van der Waals surface area contributed by atoms with Crippen LogP contribution < -0.4 is 14.4 Å². The lowest BCUT2D eigenvalue weighted by Gasteiger charge is -2.40. The zero-order chi connectivity index (χ0) is 18.8. The minimum Gasteiger partial charge on any atom is -0.497 e. The Kier molecular flexibility index (Phi) is 4.83. The van der Waals surface area contributed by atoms with Gasteiger partial charge in [-0.3, -0.25) is 4.79 Å². The zero-order valence-electron chi connectivity index (χ0n) is 15.7. The third kappa shape index (κ3) is 3.97. The number of carbonyl (C=O) groups is 1. The van der Waals surface area contributed by atoms with Gasteiger partial charge >= 0.3 is 0 Å². The molecule has 0 N–H and O–H groups in total. The number of ether oxygens (including phenoxy) is 2. The van der Waals surface area contributed by atoms with E-state index in [2.05, 4.69) is 21.8 Å². The molecule has 2 fully saturated rings. The Balaban J connectivity index is 1.42. The van der Waals surface area contributed by atoms with Crippen molar-refractivity contribution in [3.05, 3.63) is 36.7 Å². The number of methoxy groups -OCH3 is 1. The van der Waals surface area contributed by atoms with Crippen molar-refractivity contribution in [3.63, 3.8) is 0 Å². The van der Waals surface area contributed by atoms with Crippen molar-refractivity contribution in [1.82, 2.24) is 14.9 Å². The van der Waals surface area contributed by atoms with Gasteiger partial charge in [-0.2, -0.15) is 0 Å². The molecule has 0 spiro atoms. The van der Waals surface area contributed by atoms with Crippen molar-refractivity contribution >= 4 is 11.7 Å². The molecule has 1 aromatic carbocycles. The summed E-state index contributed by atoms with van der Waals surface area (Å²) in [4.78, 5) is 25.2. The SMILES string of the molecule is COc1ccc(Oc2cc(N3CCN(C(=O)C4CC4)C(C)C3)ncn2)cc1. The molecule has 1 aromatic heterocycles. The van der Waals surface area contributed by atoms with Crippen LogP contribution in [0.5, 0.6) is 17.4 Å². The first-order chi connectivity index (χ1) is 13.1. The smallest absolute Gasteiger partial charge is 0.226 e. The van der Waals surface area contributed by atoms with Gasteiger partial charge in [-0.25, -0.2) is 9.97 Å². The molecule has 2 aromatic rings. The van der Waals surface area contributed by atoms with E-state index in [4.69, 9.17) is 9.47 Å². The predicted octanol–water partition coefficient (Wildman–Crippen LogP) is 2.72. The molecule has 1 saturated heterocycles. The standard InChI is InChI=1S/C20H24N4O3/c1-14-12-23(9-10-24(14)20(25)15-3-4-15)18-11-19(22-13-21-18)27-17-7-5-16(26-2)6-8-17/h5-8,11,13-15H,3-4,9-10,12H2,1-2H3. The maximum atomic E-state index is 12.4. The maximum Gasteiger partial charge on any atom is 0.226 e. The summed E-state index contributed by atoms with van der Waals surface area (Å²) in [5.41, 5.74) is 0. The Morgan fingerprint density at radius 3 is 2.52 bits per heavy atom. The van der Waals surface area contributed by atoms with Gasteiger partial charge in [-0.15, -0.1) is 0 Å². The molecule has 1 aliphatic heterocycles. The fourth-order valence-electron chi connectivity index (χ4n) is 3.38. The van der Waals surface area contributed by atoms with Gasteiger partial charge in [-0.1, -0.05) is 0 Å². The van der Waals surface area contributed by atoms with E-state index in [1.807, 2.05) is 35.2 Å². The highest BCUT2D eigenvalue weighted by molar-refractivity contribution is 5.81. The van der Waals surface area contributed by atoms with Crippen molar-refractivity contribution < 1.29 is 14.3 Å². The van der Waals surface area contributed by atoms with Crippen LogP contribution in [-0.4, -0.2) is 53.6 Å². The second kappa shape index (κ2) is 7.42. The van der Waals surface area contributed by atoms with Gasteiger partial charge in [0.15, 0.2) is 0 Å². The second-order valence-corrected chi connectivity index (χ2v) is 7.09.